The first-order valence-electron chi connectivity index (χ1n) is 7.90. The number of rotatable bonds is 5. The molecule has 1 saturated carbocycles. The molecule has 0 aromatic heterocycles. The zero-order chi connectivity index (χ0) is 18.5. The first-order chi connectivity index (χ1) is 12.5. The monoisotopic (exact) mass is 356 g/mol. The molecule has 3 N–H and O–H groups in total. The summed E-state index contributed by atoms with van der Waals surface area (Å²) in [6.07, 6.45) is 1.16. The van der Waals surface area contributed by atoms with Gasteiger partial charge >= 0.3 is 12.1 Å². The van der Waals surface area contributed by atoms with E-state index in [1.807, 2.05) is 0 Å². The van der Waals surface area contributed by atoms with Gasteiger partial charge in [0.1, 0.15) is 5.75 Å². The number of amides is 3. The van der Waals surface area contributed by atoms with E-state index in [0.29, 0.717) is 5.69 Å². The zero-order valence-corrected chi connectivity index (χ0v) is 13.6. The molecular weight excluding hydrogens is 340 g/mol. The van der Waals surface area contributed by atoms with Crippen molar-refractivity contribution in [2.24, 2.45) is 0 Å². The number of hydrogen-bond donors (Lipinski definition) is 3. The average Bonchev–Trinajstić information content (AvgIpc) is 3.39. The third-order valence-corrected chi connectivity index (χ3v) is 3.52. The van der Waals surface area contributed by atoms with Crippen LogP contribution in [0.2, 0.25) is 0 Å². The molecule has 1 fully saturated rings. The molecule has 26 heavy (non-hydrogen) atoms. The van der Waals surface area contributed by atoms with Gasteiger partial charge in [0, 0.05) is 29.9 Å². The summed E-state index contributed by atoms with van der Waals surface area (Å²) in [5.74, 6) is 0.220. The van der Waals surface area contributed by atoms with Crippen LogP contribution in [-0.2, 0) is 0 Å². The van der Waals surface area contributed by atoms with Crippen molar-refractivity contribution in [3.05, 3.63) is 58.6 Å². The van der Waals surface area contributed by atoms with Crippen LogP contribution in [0.4, 0.5) is 26.7 Å². The second-order valence-corrected chi connectivity index (χ2v) is 5.72. The van der Waals surface area contributed by atoms with Crippen molar-refractivity contribution in [1.29, 1.82) is 0 Å². The van der Waals surface area contributed by atoms with Crippen molar-refractivity contribution in [1.82, 2.24) is 5.32 Å². The topological polar surface area (TPSA) is 123 Å². The average molecular weight is 356 g/mol. The predicted octanol–water partition coefficient (Wildman–Crippen LogP) is 3.49. The van der Waals surface area contributed by atoms with E-state index in [2.05, 4.69) is 16.0 Å². The van der Waals surface area contributed by atoms with Gasteiger partial charge in [0.15, 0.2) is 0 Å². The minimum absolute atomic E-state index is 0.143. The van der Waals surface area contributed by atoms with Crippen LogP contribution in [0.3, 0.4) is 0 Å². The van der Waals surface area contributed by atoms with Crippen molar-refractivity contribution < 1.29 is 19.2 Å². The lowest BCUT2D eigenvalue weighted by atomic mass is 10.3. The number of hydrogen-bond acceptors (Lipinski definition) is 5. The van der Waals surface area contributed by atoms with Gasteiger partial charge in [-0.2, -0.15) is 0 Å². The summed E-state index contributed by atoms with van der Waals surface area (Å²) < 4.78 is 5.14. The van der Waals surface area contributed by atoms with Crippen LogP contribution in [0.15, 0.2) is 48.5 Å². The Morgan fingerprint density at radius 3 is 2.42 bits per heavy atom. The largest absolute Gasteiger partial charge is 0.417 e. The highest BCUT2D eigenvalue weighted by Gasteiger charge is 2.23. The summed E-state index contributed by atoms with van der Waals surface area (Å²) in [4.78, 5) is 33.9. The standard InChI is InChI=1S/C17H16N4O5/c22-16(18-11-7-8-11)19-13-4-2-6-15(10-13)26-17(23)20-12-3-1-5-14(9-12)21(24)25/h1-6,9-11H,7-8H2,(H,20,23)(H2,18,19,22). The molecule has 3 rings (SSSR count). The highest BCUT2D eigenvalue weighted by Crippen LogP contribution is 2.21. The fraction of sp³-hybridized carbons (Fsp3) is 0.176. The molecule has 0 atom stereocenters. The number of urea groups is 1. The number of carbonyl (C=O) groups excluding carboxylic acids is 2. The number of nitrogens with one attached hydrogen (secondary N) is 3. The molecule has 1 aliphatic rings. The zero-order valence-electron chi connectivity index (χ0n) is 13.6. The Morgan fingerprint density at radius 1 is 1.04 bits per heavy atom. The lowest BCUT2D eigenvalue weighted by Crippen LogP contribution is -2.30. The molecule has 0 unspecified atom stereocenters. The van der Waals surface area contributed by atoms with Gasteiger partial charge in [0.05, 0.1) is 10.6 Å². The van der Waals surface area contributed by atoms with Gasteiger partial charge in [0.25, 0.3) is 5.69 Å². The second-order valence-electron chi connectivity index (χ2n) is 5.72. The van der Waals surface area contributed by atoms with Crippen LogP contribution in [0.1, 0.15) is 12.8 Å². The predicted molar refractivity (Wildman–Crippen MR) is 94.4 cm³/mol. The van der Waals surface area contributed by atoms with Crippen LogP contribution in [0.5, 0.6) is 5.75 Å². The van der Waals surface area contributed by atoms with Gasteiger partial charge < -0.3 is 15.4 Å². The summed E-state index contributed by atoms with van der Waals surface area (Å²) in [7, 11) is 0. The number of carbonyl (C=O) groups is 2. The van der Waals surface area contributed by atoms with Crippen molar-refractivity contribution >= 4 is 29.2 Å². The maximum atomic E-state index is 11.9. The van der Waals surface area contributed by atoms with E-state index >= 15 is 0 Å². The van der Waals surface area contributed by atoms with E-state index in [9.17, 15) is 19.7 Å². The van der Waals surface area contributed by atoms with Crippen LogP contribution < -0.4 is 20.7 Å². The van der Waals surface area contributed by atoms with Gasteiger partial charge in [-0.05, 0) is 31.0 Å². The van der Waals surface area contributed by atoms with Crippen LogP contribution in [0.25, 0.3) is 0 Å². The molecule has 0 spiro atoms. The van der Waals surface area contributed by atoms with Gasteiger partial charge in [0.2, 0.25) is 0 Å². The lowest BCUT2D eigenvalue weighted by molar-refractivity contribution is -0.384. The van der Waals surface area contributed by atoms with Gasteiger partial charge in [-0.25, -0.2) is 9.59 Å². The smallest absolute Gasteiger partial charge is 0.410 e. The summed E-state index contributed by atoms with van der Waals surface area (Å²) >= 11 is 0. The molecule has 1 aliphatic carbocycles. The normalized spacial score (nSPS) is 12.8. The van der Waals surface area contributed by atoms with Crippen molar-refractivity contribution in [2.75, 3.05) is 10.6 Å². The lowest BCUT2D eigenvalue weighted by Gasteiger charge is -2.09. The number of anilines is 2. The minimum atomic E-state index is -0.801. The second kappa shape index (κ2) is 7.51. The van der Waals surface area contributed by atoms with E-state index < -0.39 is 11.0 Å². The number of nitrogens with zero attached hydrogens (tertiary/aromatic N) is 1. The number of ether oxygens (including phenoxy) is 1. The van der Waals surface area contributed by atoms with Crippen LogP contribution in [-0.4, -0.2) is 23.1 Å². The van der Waals surface area contributed by atoms with Gasteiger partial charge in [-0.15, -0.1) is 0 Å². The van der Waals surface area contributed by atoms with E-state index in [1.54, 1.807) is 18.2 Å². The minimum Gasteiger partial charge on any atom is -0.410 e. The third kappa shape index (κ3) is 4.94. The van der Waals surface area contributed by atoms with Crippen molar-refractivity contribution in [3.8, 4) is 5.75 Å². The Balaban J connectivity index is 1.58. The molecule has 9 heteroatoms. The fourth-order valence-electron chi connectivity index (χ4n) is 2.17. The third-order valence-electron chi connectivity index (χ3n) is 3.52. The Morgan fingerprint density at radius 2 is 1.73 bits per heavy atom. The molecule has 3 amide bonds. The Labute approximate surface area is 148 Å². The molecular formula is C17H16N4O5. The van der Waals surface area contributed by atoms with Crippen molar-refractivity contribution in [2.45, 2.75) is 18.9 Å². The molecule has 0 bridgehead atoms. The Bertz CT molecular complexity index is 851. The molecule has 0 aliphatic heterocycles. The van der Waals surface area contributed by atoms with E-state index in [4.69, 9.17) is 4.74 Å². The van der Waals surface area contributed by atoms with Crippen molar-refractivity contribution in [3.63, 3.8) is 0 Å². The summed E-state index contributed by atoms with van der Waals surface area (Å²) in [5, 5.41) is 18.6. The first kappa shape index (κ1) is 17.2. The Kier molecular flexibility index (Phi) is 4.97. The van der Waals surface area contributed by atoms with Gasteiger partial charge in [-0.1, -0.05) is 12.1 Å². The molecule has 0 saturated heterocycles. The Hall–Kier alpha value is -3.62. The molecule has 134 valence electrons. The summed E-state index contributed by atoms with van der Waals surface area (Å²) in [5.41, 5.74) is 0.571. The number of nitro groups is 1. The number of non-ortho nitro benzene ring substituents is 1. The molecule has 0 heterocycles. The maximum absolute atomic E-state index is 11.9. The molecule has 0 radical (unpaired) electrons. The summed E-state index contributed by atoms with van der Waals surface area (Å²) in [6, 6.07) is 11.8. The van der Waals surface area contributed by atoms with E-state index in [-0.39, 0.29) is 29.2 Å². The maximum Gasteiger partial charge on any atom is 0.417 e. The molecule has 9 nitrogen and oxygen atoms in total. The van der Waals surface area contributed by atoms with E-state index in [0.717, 1.165) is 12.8 Å². The van der Waals surface area contributed by atoms with Crippen LogP contribution in [0, 0.1) is 10.1 Å². The van der Waals surface area contributed by atoms with Crippen LogP contribution >= 0.6 is 0 Å². The van der Waals surface area contributed by atoms with E-state index in [1.165, 1.54) is 30.3 Å². The highest BCUT2D eigenvalue weighted by molar-refractivity contribution is 5.90. The van der Waals surface area contributed by atoms with Gasteiger partial charge in [-0.3, -0.25) is 15.4 Å². The molecule has 2 aromatic carbocycles. The SMILES string of the molecule is O=C(Nc1cccc(OC(=O)Nc2cccc([N+](=O)[O-])c2)c1)NC1CC1. The molecule has 2 aromatic rings. The fourth-order valence-corrected chi connectivity index (χ4v) is 2.17. The summed E-state index contributed by atoms with van der Waals surface area (Å²) in [6.45, 7) is 0. The number of nitro benzene ring substituents is 1. The number of benzene rings is 2. The highest BCUT2D eigenvalue weighted by atomic mass is 16.6. The first-order valence-corrected chi connectivity index (χ1v) is 7.90. The quantitative estimate of drug-likeness (QED) is 0.559.